The summed E-state index contributed by atoms with van der Waals surface area (Å²) in [6, 6.07) is 0. The Morgan fingerprint density at radius 3 is 0.897 bits per heavy atom. The Morgan fingerprint density at radius 2 is 0.574 bits per heavy atom. The highest BCUT2D eigenvalue weighted by Crippen LogP contribution is 2.17. The van der Waals surface area contributed by atoms with E-state index in [1.807, 2.05) is 0 Å². The van der Waals surface area contributed by atoms with Crippen molar-refractivity contribution in [2.75, 3.05) is 13.2 Å². The molecule has 0 saturated carbocycles. The first-order valence-electron chi connectivity index (χ1n) is 29.3. The van der Waals surface area contributed by atoms with Crippen molar-refractivity contribution < 1.29 is 28.6 Å². The Hall–Kier alpha value is -2.89. The molecule has 1 atom stereocenters. The van der Waals surface area contributed by atoms with E-state index >= 15 is 0 Å². The van der Waals surface area contributed by atoms with Crippen LogP contribution in [0.3, 0.4) is 0 Å². The van der Waals surface area contributed by atoms with Crippen LogP contribution < -0.4 is 0 Å². The summed E-state index contributed by atoms with van der Waals surface area (Å²) in [4.78, 5) is 37.8. The van der Waals surface area contributed by atoms with E-state index in [-0.39, 0.29) is 31.1 Å². The van der Waals surface area contributed by atoms with E-state index in [0.29, 0.717) is 19.3 Å². The number of ether oxygens (including phenoxy) is 3. The summed E-state index contributed by atoms with van der Waals surface area (Å²) in [6.07, 6.45) is 71.2. The quantitative estimate of drug-likeness (QED) is 0.0262. The van der Waals surface area contributed by atoms with Crippen LogP contribution >= 0.6 is 0 Å². The topological polar surface area (TPSA) is 78.9 Å². The highest BCUT2D eigenvalue weighted by molar-refractivity contribution is 5.71. The first kappa shape index (κ1) is 65.1. The molecule has 0 aliphatic rings. The van der Waals surface area contributed by atoms with Gasteiger partial charge in [-0.3, -0.25) is 14.4 Å². The molecule has 394 valence electrons. The van der Waals surface area contributed by atoms with Gasteiger partial charge in [0.15, 0.2) is 6.10 Å². The van der Waals surface area contributed by atoms with Gasteiger partial charge in [0.2, 0.25) is 0 Å². The number of hydrogen-bond donors (Lipinski definition) is 0. The zero-order valence-corrected chi connectivity index (χ0v) is 45.1. The molecule has 0 amide bonds. The van der Waals surface area contributed by atoms with Gasteiger partial charge < -0.3 is 14.2 Å². The maximum atomic E-state index is 12.8. The lowest BCUT2D eigenvalue weighted by Crippen LogP contribution is -2.30. The molecule has 0 heterocycles. The van der Waals surface area contributed by atoms with Crippen molar-refractivity contribution in [3.05, 3.63) is 60.8 Å². The van der Waals surface area contributed by atoms with Gasteiger partial charge in [-0.1, -0.05) is 274 Å². The maximum Gasteiger partial charge on any atom is 0.306 e. The van der Waals surface area contributed by atoms with Crippen molar-refractivity contribution in [2.24, 2.45) is 0 Å². The predicted molar refractivity (Wildman–Crippen MR) is 293 cm³/mol. The van der Waals surface area contributed by atoms with Crippen LogP contribution in [0, 0.1) is 0 Å². The van der Waals surface area contributed by atoms with Crippen LogP contribution in [0.2, 0.25) is 0 Å². The van der Waals surface area contributed by atoms with E-state index in [2.05, 4.69) is 81.5 Å². The van der Waals surface area contributed by atoms with Crippen LogP contribution in [0.15, 0.2) is 60.8 Å². The molecule has 0 bridgehead atoms. The molecule has 0 N–H and O–H groups in total. The molecule has 0 aromatic heterocycles. The maximum absolute atomic E-state index is 12.8. The molecule has 0 rings (SSSR count). The molecule has 0 radical (unpaired) electrons. The lowest BCUT2D eigenvalue weighted by Gasteiger charge is -2.18. The number of hydrogen-bond acceptors (Lipinski definition) is 6. The third kappa shape index (κ3) is 54.1. The van der Waals surface area contributed by atoms with Crippen molar-refractivity contribution in [3.63, 3.8) is 0 Å². The fourth-order valence-electron chi connectivity index (χ4n) is 8.41. The molecule has 6 nitrogen and oxygen atoms in total. The lowest BCUT2D eigenvalue weighted by molar-refractivity contribution is -0.167. The standard InChI is InChI=1S/C62H110O6/c1-4-7-10-13-15-17-19-21-23-25-27-29-31-33-34-36-38-40-42-44-46-49-52-55-61(64)67-58-59(57-66-60(63)54-51-48-12-9-6-3)68-62(65)56-53-50-47-45-43-41-39-37-35-32-30-28-26-24-22-20-18-16-14-11-8-5-2/h7,10,15,17,21,23,27,29,33-34,59H,4-6,8-9,11-14,16,18-20,22,24-26,28,30-32,35-58H2,1-3H3/b10-7-,17-15-,23-21-,29-27-,34-33-. The third-order valence-corrected chi connectivity index (χ3v) is 12.8. The van der Waals surface area contributed by atoms with Gasteiger partial charge in [-0.25, -0.2) is 0 Å². The minimum Gasteiger partial charge on any atom is -0.462 e. The lowest BCUT2D eigenvalue weighted by atomic mass is 10.0. The van der Waals surface area contributed by atoms with Crippen LogP contribution in [0.25, 0.3) is 0 Å². The van der Waals surface area contributed by atoms with Crippen LogP contribution in [-0.2, 0) is 28.6 Å². The first-order valence-corrected chi connectivity index (χ1v) is 29.3. The summed E-state index contributed by atoms with van der Waals surface area (Å²) < 4.78 is 16.7. The third-order valence-electron chi connectivity index (χ3n) is 12.8. The second-order valence-corrected chi connectivity index (χ2v) is 19.5. The Kier molecular flexibility index (Phi) is 54.3. The molecule has 1 unspecified atom stereocenters. The van der Waals surface area contributed by atoms with Gasteiger partial charge in [0.1, 0.15) is 13.2 Å². The summed E-state index contributed by atoms with van der Waals surface area (Å²) in [5.74, 6) is -0.889. The van der Waals surface area contributed by atoms with Gasteiger partial charge in [-0.15, -0.1) is 0 Å². The molecule has 0 aliphatic heterocycles. The largest absolute Gasteiger partial charge is 0.462 e. The number of esters is 3. The zero-order valence-electron chi connectivity index (χ0n) is 45.1. The van der Waals surface area contributed by atoms with E-state index in [0.717, 1.165) is 103 Å². The number of carbonyl (C=O) groups is 3. The predicted octanol–water partition coefficient (Wildman–Crippen LogP) is 19.6. The number of allylic oxidation sites excluding steroid dienone is 10. The second kappa shape index (κ2) is 56.7. The van der Waals surface area contributed by atoms with Crippen LogP contribution in [0.4, 0.5) is 0 Å². The van der Waals surface area contributed by atoms with Crippen molar-refractivity contribution in [1.82, 2.24) is 0 Å². The van der Waals surface area contributed by atoms with Crippen molar-refractivity contribution >= 4 is 17.9 Å². The Bertz CT molecular complexity index is 1230. The molecular formula is C62H110O6. The molecule has 0 aromatic rings. The Labute approximate surface area is 421 Å². The second-order valence-electron chi connectivity index (χ2n) is 19.5. The van der Waals surface area contributed by atoms with E-state index in [4.69, 9.17) is 14.2 Å². The smallest absolute Gasteiger partial charge is 0.306 e. The summed E-state index contributed by atoms with van der Waals surface area (Å²) in [7, 11) is 0. The molecule has 0 fully saturated rings. The molecule has 0 saturated heterocycles. The van der Waals surface area contributed by atoms with Crippen molar-refractivity contribution in [3.8, 4) is 0 Å². The van der Waals surface area contributed by atoms with Crippen molar-refractivity contribution in [1.29, 1.82) is 0 Å². The van der Waals surface area contributed by atoms with Crippen LogP contribution in [0.5, 0.6) is 0 Å². The van der Waals surface area contributed by atoms with E-state index in [1.54, 1.807) is 0 Å². The number of rotatable bonds is 53. The zero-order chi connectivity index (χ0) is 49.3. The number of carbonyl (C=O) groups excluding carboxylic acids is 3. The summed E-state index contributed by atoms with van der Waals surface area (Å²) in [5, 5.41) is 0. The highest BCUT2D eigenvalue weighted by atomic mass is 16.6. The highest BCUT2D eigenvalue weighted by Gasteiger charge is 2.19. The van der Waals surface area contributed by atoms with E-state index in [1.165, 1.54) is 154 Å². The number of unbranched alkanes of at least 4 members (excludes halogenated alkanes) is 32. The van der Waals surface area contributed by atoms with Crippen LogP contribution in [0.1, 0.15) is 297 Å². The fraction of sp³-hybridized carbons (Fsp3) is 0.790. The molecule has 68 heavy (non-hydrogen) atoms. The summed E-state index contributed by atoms with van der Waals surface area (Å²) >= 11 is 0. The molecular weight excluding hydrogens is 841 g/mol. The van der Waals surface area contributed by atoms with Crippen LogP contribution in [-0.4, -0.2) is 37.2 Å². The monoisotopic (exact) mass is 951 g/mol. The fourth-order valence-corrected chi connectivity index (χ4v) is 8.41. The van der Waals surface area contributed by atoms with Gasteiger partial charge in [-0.05, 0) is 64.2 Å². The summed E-state index contributed by atoms with van der Waals surface area (Å²) in [6.45, 7) is 6.47. The molecule has 0 aromatic carbocycles. The minimum atomic E-state index is -0.773. The normalized spacial score (nSPS) is 12.5. The average Bonchev–Trinajstić information content (AvgIpc) is 3.34. The molecule has 6 heteroatoms. The minimum absolute atomic E-state index is 0.0761. The van der Waals surface area contributed by atoms with Gasteiger partial charge in [0.05, 0.1) is 0 Å². The van der Waals surface area contributed by atoms with Gasteiger partial charge in [-0.2, -0.15) is 0 Å². The SMILES string of the molecule is CC/C=C\C/C=C\C/C=C\C/C=C\C/C=C\CCCCCCCCCC(=O)OCC(COC(=O)CCCCCCC)OC(=O)CCCCCCCCCCCCCCCCCCCCCCCC. The Balaban J connectivity index is 4.09. The first-order chi connectivity index (χ1) is 33.5. The van der Waals surface area contributed by atoms with E-state index < -0.39 is 6.10 Å². The Morgan fingerprint density at radius 1 is 0.309 bits per heavy atom. The average molecular weight is 952 g/mol. The van der Waals surface area contributed by atoms with E-state index in [9.17, 15) is 14.4 Å². The summed E-state index contributed by atoms with van der Waals surface area (Å²) in [5.41, 5.74) is 0. The van der Waals surface area contributed by atoms with Crippen molar-refractivity contribution in [2.45, 2.75) is 303 Å². The molecule has 0 aliphatic carbocycles. The van der Waals surface area contributed by atoms with Gasteiger partial charge in [0, 0.05) is 19.3 Å². The van der Waals surface area contributed by atoms with Gasteiger partial charge in [0.25, 0.3) is 0 Å². The molecule has 0 spiro atoms. The van der Waals surface area contributed by atoms with Gasteiger partial charge >= 0.3 is 17.9 Å².